The number of rotatable bonds is 2. The molecule has 0 spiro atoms. The molecule has 10 heteroatoms. The van der Waals surface area contributed by atoms with Crippen molar-refractivity contribution >= 4 is 34.0 Å². The Labute approximate surface area is 176 Å². The van der Waals surface area contributed by atoms with Gasteiger partial charge in [0.2, 0.25) is 5.91 Å². The van der Waals surface area contributed by atoms with E-state index in [1.54, 1.807) is 27.9 Å². The monoisotopic (exact) mass is 434 g/mol. The van der Waals surface area contributed by atoms with Gasteiger partial charge in [-0.15, -0.1) is 0 Å². The van der Waals surface area contributed by atoms with Crippen LogP contribution in [0.2, 0.25) is 0 Å². The average molecular weight is 435 g/mol. The molecule has 3 N–H and O–H groups in total. The van der Waals surface area contributed by atoms with Crippen molar-refractivity contribution in [3.05, 3.63) is 30.6 Å². The van der Waals surface area contributed by atoms with Crippen LogP contribution in [0, 0.1) is 0 Å². The second-order valence-corrected chi connectivity index (χ2v) is 10.4. The minimum Gasteiger partial charge on any atom is -0.465 e. The summed E-state index contributed by atoms with van der Waals surface area (Å²) in [5.74, 6) is 0.611. The third kappa shape index (κ3) is 3.78. The first kappa shape index (κ1) is 20.7. The summed E-state index contributed by atoms with van der Waals surface area (Å²) in [5.41, 5.74) is 2.62. The van der Waals surface area contributed by atoms with Crippen molar-refractivity contribution in [2.24, 2.45) is 0 Å². The summed E-state index contributed by atoms with van der Waals surface area (Å²) in [5, 5.41) is 14.1. The van der Waals surface area contributed by atoms with E-state index in [1.165, 1.54) is 11.8 Å². The molecular weight excluding hydrogens is 408 g/mol. The topological polar surface area (TPSA) is 119 Å². The van der Waals surface area contributed by atoms with Crippen LogP contribution < -0.4 is 9.80 Å². The van der Waals surface area contributed by atoms with Crippen LogP contribution in [-0.2, 0) is 4.79 Å². The van der Waals surface area contributed by atoms with Crippen LogP contribution >= 0.6 is 10.6 Å². The van der Waals surface area contributed by atoms with E-state index in [2.05, 4.69) is 5.10 Å². The van der Waals surface area contributed by atoms with E-state index in [0.29, 0.717) is 22.9 Å². The van der Waals surface area contributed by atoms with Crippen molar-refractivity contribution in [2.45, 2.75) is 38.8 Å². The van der Waals surface area contributed by atoms with E-state index in [1.807, 2.05) is 19.2 Å². The normalized spacial score (nSPS) is 24.3. The Hall–Kier alpha value is -2.56. The maximum absolute atomic E-state index is 12.1. The fourth-order valence-electron chi connectivity index (χ4n) is 4.39. The zero-order valence-electron chi connectivity index (χ0n) is 16.9. The van der Waals surface area contributed by atoms with Gasteiger partial charge in [0, 0.05) is 31.0 Å². The van der Waals surface area contributed by atoms with E-state index in [9.17, 15) is 23.8 Å². The van der Waals surface area contributed by atoms with Gasteiger partial charge in [-0.05, 0) is 37.5 Å². The van der Waals surface area contributed by atoms with E-state index < -0.39 is 16.7 Å². The molecule has 4 rings (SSSR count). The Kier molecular flexibility index (Phi) is 5.25. The van der Waals surface area contributed by atoms with E-state index in [0.717, 1.165) is 24.0 Å². The van der Waals surface area contributed by atoms with Gasteiger partial charge < -0.3 is 10.0 Å². The summed E-state index contributed by atoms with van der Waals surface area (Å²) < 4.78 is 21.8. The number of carbonyl (C=O) groups excluding carboxylic acids is 1. The van der Waals surface area contributed by atoms with E-state index in [-0.39, 0.29) is 24.5 Å². The highest BCUT2D eigenvalue weighted by atomic mass is 32.3. The second-order valence-electron chi connectivity index (χ2n) is 8.01. The van der Waals surface area contributed by atoms with Crippen molar-refractivity contribution in [1.82, 2.24) is 9.78 Å². The summed E-state index contributed by atoms with van der Waals surface area (Å²) in [6, 6.07) is 5.06. The first-order chi connectivity index (χ1) is 14.2. The molecule has 1 aromatic heterocycles. The molecule has 1 fully saturated rings. The number of amides is 2. The molecule has 2 atom stereocenters. The smallest absolute Gasteiger partial charge is 0.411 e. The molecule has 162 valence electrons. The summed E-state index contributed by atoms with van der Waals surface area (Å²) in [6.45, 7) is 3.50. The molecule has 1 aromatic carbocycles. The number of carboxylic acid groups (broad SMARTS) is 1. The van der Waals surface area contributed by atoms with E-state index >= 15 is 0 Å². The van der Waals surface area contributed by atoms with Gasteiger partial charge in [0.25, 0.3) is 0 Å². The summed E-state index contributed by atoms with van der Waals surface area (Å²) >= 11 is 0. The number of anilines is 2. The largest absolute Gasteiger partial charge is 0.465 e. The first-order valence-corrected chi connectivity index (χ1v) is 11.8. The highest BCUT2D eigenvalue weighted by molar-refractivity contribution is 8.24. The lowest BCUT2D eigenvalue weighted by molar-refractivity contribution is -0.117. The van der Waals surface area contributed by atoms with Crippen LogP contribution in [0.3, 0.4) is 0 Å². The summed E-state index contributed by atoms with van der Waals surface area (Å²) in [6.07, 6.45) is 4.06. The molecule has 3 heterocycles. The van der Waals surface area contributed by atoms with Crippen molar-refractivity contribution in [2.75, 3.05) is 27.9 Å². The lowest BCUT2D eigenvalue weighted by Gasteiger charge is -2.40. The Morgan fingerprint density at radius 2 is 1.97 bits per heavy atom. The zero-order valence-corrected chi connectivity index (χ0v) is 17.7. The van der Waals surface area contributed by atoms with Crippen LogP contribution in [0.5, 0.6) is 0 Å². The molecule has 9 nitrogen and oxygen atoms in total. The molecule has 2 amide bonds. The van der Waals surface area contributed by atoms with Gasteiger partial charge >= 0.3 is 6.09 Å². The van der Waals surface area contributed by atoms with Crippen molar-refractivity contribution in [1.29, 1.82) is 0 Å². The molecular formula is C20H26N4O5S. The standard InChI is InChI=1S/C20H26N4O5S/c1-13-10-22(20(26)27)19-8-15(5-6-18(19)24(13)14(2)25)16-9-21-23(11-16)17-4-3-7-30(28,29)12-17/h5-6,8-9,11,13,17,28-29H,3-4,7,10,12H2,1-2H3,(H,26,27). The average Bonchev–Trinajstić information content (AvgIpc) is 3.16. The van der Waals surface area contributed by atoms with Gasteiger partial charge in [0.15, 0.2) is 0 Å². The quantitative estimate of drug-likeness (QED) is 0.660. The molecule has 2 aliphatic rings. The molecule has 0 radical (unpaired) electrons. The Morgan fingerprint density at radius 1 is 1.20 bits per heavy atom. The minimum absolute atomic E-state index is 0.0697. The lowest BCUT2D eigenvalue weighted by Crippen LogP contribution is -2.51. The van der Waals surface area contributed by atoms with Crippen LogP contribution in [0.1, 0.15) is 32.7 Å². The summed E-state index contributed by atoms with van der Waals surface area (Å²) in [7, 11) is -2.55. The van der Waals surface area contributed by atoms with Crippen molar-refractivity contribution in [3.63, 3.8) is 0 Å². The predicted octanol–water partition coefficient (Wildman–Crippen LogP) is 3.88. The number of aromatic nitrogens is 2. The van der Waals surface area contributed by atoms with Crippen LogP contribution in [-0.4, -0.2) is 60.1 Å². The van der Waals surface area contributed by atoms with Crippen LogP contribution in [0.25, 0.3) is 11.1 Å². The predicted molar refractivity (Wildman–Crippen MR) is 117 cm³/mol. The molecule has 2 aliphatic heterocycles. The van der Waals surface area contributed by atoms with Gasteiger partial charge in [-0.1, -0.05) is 6.07 Å². The summed E-state index contributed by atoms with van der Waals surface area (Å²) in [4.78, 5) is 26.8. The lowest BCUT2D eigenvalue weighted by atomic mass is 10.0. The number of hydrogen-bond donors (Lipinski definition) is 3. The fraction of sp³-hybridized carbons (Fsp3) is 0.450. The zero-order chi connectivity index (χ0) is 21.6. The van der Waals surface area contributed by atoms with Crippen molar-refractivity contribution < 1.29 is 23.8 Å². The van der Waals surface area contributed by atoms with Crippen LogP contribution in [0.4, 0.5) is 16.2 Å². The maximum atomic E-state index is 12.1. The Balaban J connectivity index is 1.69. The number of hydrogen-bond acceptors (Lipinski definition) is 5. The molecule has 1 saturated heterocycles. The maximum Gasteiger partial charge on any atom is 0.411 e. The van der Waals surface area contributed by atoms with Crippen molar-refractivity contribution in [3.8, 4) is 11.1 Å². The fourth-order valence-corrected chi connectivity index (χ4v) is 6.12. The minimum atomic E-state index is -2.55. The number of nitrogens with zero attached hydrogens (tertiary/aromatic N) is 4. The molecule has 0 aliphatic carbocycles. The van der Waals surface area contributed by atoms with Gasteiger partial charge in [-0.3, -0.25) is 23.5 Å². The SMILES string of the molecule is CC(=O)N1c2ccc(-c3cnn(C4CCCS(O)(O)C4)c3)cc2N(C(=O)O)CC1C. The molecule has 2 unspecified atom stereocenters. The molecule has 30 heavy (non-hydrogen) atoms. The van der Waals surface area contributed by atoms with Gasteiger partial charge in [0.1, 0.15) is 0 Å². The Morgan fingerprint density at radius 3 is 2.63 bits per heavy atom. The van der Waals surface area contributed by atoms with E-state index in [4.69, 9.17) is 0 Å². The number of fused-ring (bicyclic) bond motifs is 1. The highest BCUT2D eigenvalue weighted by Crippen LogP contribution is 2.47. The first-order valence-electron chi connectivity index (χ1n) is 9.89. The molecule has 0 saturated carbocycles. The molecule has 2 aromatic rings. The van der Waals surface area contributed by atoms with Gasteiger partial charge in [0.05, 0.1) is 35.4 Å². The molecule has 0 bridgehead atoms. The third-order valence-electron chi connectivity index (χ3n) is 5.76. The highest BCUT2D eigenvalue weighted by Gasteiger charge is 2.34. The Bertz CT molecular complexity index is 991. The van der Waals surface area contributed by atoms with Gasteiger partial charge in [-0.25, -0.2) is 4.79 Å². The second kappa shape index (κ2) is 7.60. The van der Waals surface area contributed by atoms with Gasteiger partial charge in [-0.2, -0.15) is 15.7 Å². The number of carbonyl (C=O) groups is 2. The number of benzene rings is 1. The van der Waals surface area contributed by atoms with Crippen LogP contribution in [0.15, 0.2) is 30.6 Å². The third-order valence-corrected chi connectivity index (χ3v) is 7.62.